The maximum absolute atomic E-state index is 12.0. The van der Waals surface area contributed by atoms with E-state index in [0.717, 1.165) is 0 Å². The Morgan fingerprint density at radius 3 is 2.31 bits per heavy atom. The normalized spacial score (nSPS) is 17.8. The van der Waals surface area contributed by atoms with E-state index in [0.29, 0.717) is 5.30 Å². The molecule has 0 saturated heterocycles. The van der Waals surface area contributed by atoms with Gasteiger partial charge in [-0.2, -0.15) is 0 Å². The Balaban J connectivity index is 3.12. The molecule has 3 nitrogen and oxygen atoms in total. The van der Waals surface area contributed by atoms with E-state index in [9.17, 15) is 9.67 Å². The number of aliphatic hydroxyl groups is 1. The molecule has 2 unspecified atom stereocenters. The molecule has 4 heteroatoms. The number of benzene rings is 1. The van der Waals surface area contributed by atoms with Gasteiger partial charge in [0, 0.05) is 12.4 Å². The zero-order chi connectivity index (χ0) is 9.90. The van der Waals surface area contributed by atoms with Gasteiger partial charge in [0.15, 0.2) is 0 Å². The summed E-state index contributed by atoms with van der Waals surface area (Å²) in [5, 5.41) is 9.89. The SMILES string of the molecule is COP(=O)(c1ccccc1)C(C)O. The number of rotatable bonds is 3. The average molecular weight is 200 g/mol. The van der Waals surface area contributed by atoms with Crippen molar-refractivity contribution in [1.29, 1.82) is 0 Å². The Hall–Kier alpha value is -0.630. The molecule has 1 N–H and O–H groups in total. The first-order chi connectivity index (χ1) is 6.11. The molecule has 2 atom stereocenters. The Morgan fingerprint density at radius 1 is 1.38 bits per heavy atom. The van der Waals surface area contributed by atoms with Gasteiger partial charge in [-0.15, -0.1) is 0 Å². The van der Waals surface area contributed by atoms with Gasteiger partial charge in [0.05, 0.1) is 0 Å². The highest BCUT2D eigenvalue weighted by molar-refractivity contribution is 7.67. The lowest BCUT2D eigenvalue weighted by molar-refractivity contribution is 0.241. The summed E-state index contributed by atoms with van der Waals surface area (Å²) in [6, 6.07) is 8.74. The molecular weight excluding hydrogens is 187 g/mol. The first-order valence-electron chi connectivity index (χ1n) is 4.00. The molecule has 0 amide bonds. The highest BCUT2D eigenvalue weighted by Crippen LogP contribution is 2.48. The lowest BCUT2D eigenvalue weighted by Gasteiger charge is -2.18. The smallest absolute Gasteiger partial charge is 0.259 e. The lowest BCUT2D eigenvalue weighted by atomic mass is 10.4. The topological polar surface area (TPSA) is 46.5 Å². The molecule has 1 aromatic rings. The fourth-order valence-electron chi connectivity index (χ4n) is 1.11. The van der Waals surface area contributed by atoms with E-state index < -0.39 is 13.2 Å². The van der Waals surface area contributed by atoms with E-state index >= 15 is 0 Å². The number of aliphatic hydroxyl groups excluding tert-OH is 1. The van der Waals surface area contributed by atoms with Crippen molar-refractivity contribution in [2.45, 2.75) is 12.8 Å². The first-order valence-corrected chi connectivity index (χ1v) is 5.70. The summed E-state index contributed by atoms with van der Waals surface area (Å²) in [6.07, 6.45) is 0. The Morgan fingerprint density at radius 2 is 1.92 bits per heavy atom. The summed E-state index contributed by atoms with van der Waals surface area (Å²) in [5.74, 6) is -0.972. The minimum atomic E-state index is -3.07. The molecule has 0 aliphatic rings. The summed E-state index contributed by atoms with van der Waals surface area (Å²) in [6.45, 7) is 1.47. The van der Waals surface area contributed by atoms with Crippen molar-refractivity contribution in [3.8, 4) is 0 Å². The molecule has 13 heavy (non-hydrogen) atoms. The van der Waals surface area contributed by atoms with Gasteiger partial charge in [0.2, 0.25) is 0 Å². The second kappa shape index (κ2) is 4.05. The van der Waals surface area contributed by atoms with Crippen LogP contribution in [0.1, 0.15) is 6.92 Å². The quantitative estimate of drug-likeness (QED) is 0.753. The third kappa shape index (κ3) is 1.99. The third-order valence-corrected chi connectivity index (χ3v) is 4.42. The summed E-state index contributed by atoms with van der Waals surface area (Å²) in [5.41, 5.74) is 0. The van der Waals surface area contributed by atoms with Crippen LogP contribution < -0.4 is 5.30 Å². The van der Waals surface area contributed by atoms with E-state index in [1.165, 1.54) is 14.0 Å². The molecular formula is C9H13O3P. The van der Waals surface area contributed by atoms with Crippen molar-refractivity contribution in [3.05, 3.63) is 30.3 Å². The number of hydrogen-bond donors (Lipinski definition) is 1. The van der Waals surface area contributed by atoms with Crippen LogP contribution in [0.5, 0.6) is 0 Å². The number of hydrogen-bond acceptors (Lipinski definition) is 3. The van der Waals surface area contributed by atoms with Crippen molar-refractivity contribution in [2.24, 2.45) is 0 Å². The van der Waals surface area contributed by atoms with Crippen molar-refractivity contribution in [3.63, 3.8) is 0 Å². The van der Waals surface area contributed by atoms with Gasteiger partial charge in [-0.3, -0.25) is 4.57 Å². The van der Waals surface area contributed by atoms with Crippen LogP contribution in [0.2, 0.25) is 0 Å². The molecule has 0 saturated carbocycles. The van der Waals surface area contributed by atoms with Crippen LogP contribution in [0.25, 0.3) is 0 Å². The molecule has 0 fully saturated rings. The van der Waals surface area contributed by atoms with E-state index in [4.69, 9.17) is 4.52 Å². The minimum absolute atomic E-state index is 0.549. The maximum Gasteiger partial charge on any atom is 0.259 e. The van der Waals surface area contributed by atoms with Crippen molar-refractivity contribution < 1.29 is 14.2 Å². The molecule has 1 aromatic carbocycles. The highest BCUT2D eigenvalue weighted by atomic mass is 31.2. The zero-order valence-corrected chi connectivity index (χ0v) is 8.57. The van der Waals surface area contributed by atoms with E-state index in [2.05, 4.69) is 0 Å². The van der Waals surface area contributed by atoms with Gasteiger partial charge >= 0.3 is 0 Å². The highest BCUT2D eigenvalue weighted by Gasteiger charge is 2.29. The van der Waals surface area contributed by atoms with E-state index in [1.807, 2.05) is 6.07 Å². The average Bonchev–Trinajstić information content (AvgIpc) is 2.17. The predicted octanol–water partition coefficient (Wildman–Crippen LogP) is 1.57. The molecule has 0 heterocycles. The molecule has 0 aliphatic heterocycles. The van der Waals surface area contributed by atoms with Gasteiger partial charge in [0.25, 0.3) is 7.37 Å². The van der Waals surface area contributed by atoms with Gasteiger partial charge in [-0.1, -0.05) is 18.2 Å². The molecule has 72 valence electrons. The predicted molar refractivity (Wildman–Crippen MR) is 52.4 cm³/mol. The van der Waals surface area contributed by atoms with Gasteiger partial charge < -0.3 is 9.63 Å². The second-order valence-electron chi connectivity index (χ2n) is 2.75. The van der Waals surface area contributed by atoms with Crippen LogP contribution in [-0.4, -0.2) is 18.1 Å². The maximum atomic E-state index is 12.0. The van der Waals surface area contributed by atoms with Crippen LogP contribution in [0, 0.1) is 0 Å². The molecule has 1 rings (SSSR count). The van der Waals surface area contributed by atoms with Crippen molar-refractivity contribution in [1.82, 2.24) is 0 Å². The zero-order valence-electron chi connectivity index (χ0n) is 7.68. The van der Waals surface area contributed by atoms with Crippen LogP contribution in [-0.2, 0) is 9.09 Å². The van der Waals surface area contributed by atoms with Crippen molar-refractivity contribution >= 4 is 12.7 Å². The largest absolute Gasteiger partial charge is 0.383 e. The summed E-state index contributed by atoms with van der Waals surface area (Å²) in [7, 11) is -1.72. The van der Waals surface area contributed by atoms with Gasteiger partial charge in [0.1, 0.15) is 5.85 Å². The first kappa shape index (κ1) is 10.5. The van der Waals surface area contributed by atoms with Gasteiger partial charge in [-0.05, 0) is 19.1 Å². The van der Waals surface area contributed by atoms with Crippen LogP contribution in [0.15, 0.2) is 30.3 Å². The lowest BCUT2D eigenvalue weighted by Crippen LogP contribution is -2.15. The molecule has 0 radical (unpaired) electrons. The molecule has 0 bridgehead atoms. The third-order valence-electron chi connectivity index (χ3n) is 1.88. The fourth-order valence-corrected chi connectivity index (χ4v) is 2.64. The van der Waals surface area contributed by atoms with Crippen LogP contribution in [0.3, 0.4) is 0 Å². The summed E-state index contributed by atoms with van der Waals surface area (Å²) in [4.78, 5) is 0. The second-order valence-corrected chi connectivity index (χ2v) is 5.57. The Bertz CT molecular complexity index is 308. The van der Waals surface area contributed by atoms with Crippen LogP contribution >= 0.6 is 7.37 Å². The van der Waals surface area contributed by atoms with Crippen molar-refractivity contribution in [2.75, 3.05) is 7.11 Å². The molecule has 0 aliphatic carbocycles. The monoisotopic (exact) mass is 200 g/mol. The molecule has 0 spiro atoms. The fraction of sp³-hybridized carbons (Fsp3) is 0.333. The standard InChI is InChI=1S/C9H13O3P/c1-8(10)13(11,12-2)9-6-4-3-5-7-9/h3-8,10H,1-2H3. The minimum Gasteiger partial charge on any atom is -0.383 e. The van der Waals surface area contributed by atoms with E-state index in [1.54, 1.807) is 24.3 Å². The molecule has 0 aromatic heterocycles. The Labute approximate surface area is 77.8 Å². The van der Waals surface area contributed by atoms with Gasteiger partial charge in [-0.25, -0.2) is 0 Å². The van der Waals surface area contributed by atoms with Crippen LogP contribution in [0.4, 0.5) is 0 Å². The summed E-state index contributed by atoms with van der Waals surface area (Å²) >= 11 is 0. The van der Waals surface area contributed by atoms with E-state index in [-0.39, 0.29) is 0 Å². The Kier molecular flexibility index (Phi) is 3.26. The summed E-state index contributed by atoms with van der Waals surface area (Å²) < 4.78 is 16.9.